The van der Waals surface area contributed by atoms with Crippen LogP contribution in [0.4, 0.5) is 0 Å². The van der Waals surface area contributed by atoms with Crippen LogP contribution in [-0.4, -0.2) is 21.4 Å². The smallest absolute Gasteiger partial charge is 0.284 e. The van der Waals surface area contributed by atoms with Crippen LogP contribution < -0.4 is 0 Å². The van der Waals surface area contributed by atoms with E-state index in [0.29, 0.717) is 27.8 Å². The molecule has 8 heteroatoms. The Morgan fingerprint density at radius 1 is 1.16 bits per heavy atom. The van der Waals surface area contributed by atoms with Crippen molar-refractivity contribution in [1.82, 2.24) is 15.2 Å². The summed E-state index contributed by atoms with van der Waals surface area (Å²) < 4.78 is 10.8. The molecule has 0 amide bonds. The van der Waals surface area contributed by atoms with Crippen molar-refractivity contribution in [2.24, 2.45) is 0 Å². The predicted octanol–water partition coefficient (Wildman–Crippen LogP) is 5.55. The molecule has 0 saturated heterocycles. The second-order valence-corrected chi connectivity index (χ2v) is 7.30. The molecule has 3 aromatic heterocycles. The number of halogens is 1. The van der Waals surface area contributed by atoms with Crippen LogP contribution in [0.3, 0.4) is 0 Å². The van der Waals surface area contributed by atoms with E-state index in [1.165, 1.54) is 11.8 Å². The van der Waals surface area contributed by atoms with E-state index in [-0.39, 0.29) is 0 Å². The molecule has 0 bridgehead atoms. The Morgan fingerprint density at radius 2 is 2.08 bits per heavy atom. The molecule has 4 rings (SSSR count). The van der Waals surface area contributed by atoms with Crippen molar-refractivity contribution in [2.45, 2.75) is 15.9 Å². The number of furan rings is 1. The van der Waals surface area contributed by atoms with Crippen LogP contribution in [0.2, 0.25) is 5.15 Å². The Bertz CT molecular complexity index is 1020. The van der Waals surface area contributed by atoms with Gasteiger partial charge in [0.05, 0.1) is 11.8 Å². The molecule has 0 spiro atoms. The zero-order valence-electron chi connectivity index (χ0n) is 13.1. The van der Waals surface area contributed by atoms with Gasteiger partial charge in [0.15, 0.2) is 5.76 Å². The van der Waals surface area contributed by atoms with E-state index < -0.39 is 0 Å². The second kappa shape index (κ2) is 7.11. The number of hydrogen-bond donors (Lipinski definition) is 0. The van der Waals surface area contributed by atoms with Crippen molar-refractivity contribution in [2.75, 3.05) is 6.26 Å². The second-order valence-electron chi connectivity index (χ2n) is 5.14. The first kappa shape index (κ1) is 16.5. The van der Waals surface area contributed by atoms with Gasteiger partial charge in [-0.05, 0) is 36.6 Å². The van der Waals surface area contributed by atoms with Gasteiger partial charge in [0, 0.05) is 21.6 Å². The summed E-state index contributed by atoms with van der Waals surface area (Å²) in [5.74, 6) is 1.50. The fourth-order valence-electron chi connectivity index (χ4n) is 2.30. The van der Waals surface area contributed by atoms with Gasteiger partial charge in [-0.1, -0.05) is 29.4 Å². The van der Waals surface area contributed by atoms with Crippen molar-refractivity contribution in [3.63, 3.8) is 0 Å². The molecule has 0 saturated carbocycles. The normalized spacial score (nSPS) is 11.3. The highest BCUT2D eigenvalue weighted by Crippen LogP contribution is 2.30. The van der Waals surface area contributed by atoms with Gasteiger partial charge < -0.3 is 8.83 Å². The number of pyridine rings is 1. The Morgan fingerprint density at radius 3 is 2.88 bits per heavy atom. The van der Waals surface area contributed by atoms with Crippen LogP contribution in [0, 0.1) is 0 Å². The van der Waals surface area contributed by atoms with Crippen molar-refractivity contribution in [3.8, 4) is 11.7 Å². The molecule has 1 aromatic carbocycles. The SMILES string of the molecule is CSc1ccc2cc(CSc3nnc(-c4ccco4)o3)c(Cl)nc2c1. The molecule has 0 unspecified atom stereocenters. The molecule has 0 radical (unpaired) electrons. The molecular weight excluding hydrogens is 378 g/mol. The van der Waals surface area contributed by atoms with Crippen molar-refractivity contribution >= 4 is 46.0 Å². The maximum atomic E-state index is 6.34. The Labute approximate surface area is 157 Å². The summed E-state index contributed by atoms with van der Waals surface area (Å²) in [5, 5.41) is 10.0. The standard InChI is InChI=1S/C17H12ClN3O2S2/c1-24-12-5-4-10-7-11(15(18)19-13(10)8-12)9-25-17-21-20-16(23-17)14-3-2-6-22-14/h2-8H,9H2,1H3. The van der Waals surface area contributed by atoms with Crippen LogP contribution >= 0.6 is 35.1 Å². The Hall–Kier alpha value is -1.96. The van der Waals surface area contributed by atoms with Crippen LogP contribution in [-0.2, 0) is 5.75 Å². The number of benzene rings is 1. The van der Waals surface area contributed by atoms with Gasteiger partial charge in [-0.15, -0.1) is 22.0 Å². The Balaban J connectivity index is 1.53. The summed E-state index contributed by atoms with van der Waals surface area (Å²) in [6.07, 6.45) is 3.60. The topological polar surface area (TPSA) is 65.0 Å². The first-order chi connectivity index (χ1) is 12.2. The third-order valence-electron chi connectivity index (χ3n) is 3.54. The minimum absolute atomic E-state index is 0.361. The highest BCUT2D eigenvalue weighted by atomic mass is 35.5. The molecule has 0 aliphatic carbocycles. The molecule has 4 aromatic rings. The summed E-state index contributed by atoms with van der Waals surface area (Å²) in [6.45, 7) is 0. The molecule has 126 valence electrons. The molecule has 0 atom stereocenters. The van der Waals surface area contributed by atoms with E-state index in [9.17, 15) is 0 Å². The number of nitrogens with zero attached hydrogens (tertiary/aromatic N) is 3. The van der Waals surface area contributed by atoms with Crippen LogP contribution in [0.15, 0.2) is 61.6 Å². The lowest BCUT2D eigenvalue weighted by Crippen LogP contribution is -1.89. The van der Waals surface area contributed by atoms with Crippen molar-refractivity contribution in [1.29, 1.82) is 0 Å². The highest BCUT2D eigenvalue weighted by molar-refractivity contribution is 7.98. The number of hydrogen-bond acceptors (Lipinski definition) is 7. The monoisotopic (exact) mass is 389 g/mol. The molecule has 0 fully saturated rings. The van der Waals surface area contributed by atoms with Gasteiger partial charge in [0.2, 0.25) is 0 Å². The van der Waals surface area contributed by atoms with Gasteiger partial charge in [0.1, 0.15) is 5.15 Å². The average molecular weight is 390 g/mol. The summed E-state index contributed by atoms with van der Waals surface area (Å²) in [7, 11) is 0. The van der Waals surface area contributed by atoms with Crippen LogP contribution in [0.25, 0.3) is 22.6 Å². The zero-order chi connectivity index (χ0) is 17.2. The molecule has 25 heavy (non-hydrogen) atoms. The minimum Gasteiger partial charge on any atom is -0.459 e. The third kappa shape index (κ3) is 3.53. The molecular formula is C17H12ClN3O2S2. The average Bonchev–Trinajstić information content (AvgIpc) is 3.30. The van der Waals surface area contributed by atoms with Crippen LogP contribution in [0.1, 0.15) is 5.56 Å². The lowest BCUT2D eigenvalue weighted by Gasteiger charge is -2.06. The van der Waals surface area contributed by atoms with Crippen molar-refractivity contribution in [3.05, 3.63) is 53.4 Å². The summed E-state index contributed by atoms with van der Waals surface area (Å²) in [4.78, 5) is 5.66. The van der Waals surface area contributed by atoms with E-state index in [4.69, 9.17) is 20.4 Å². The molecule has 0 aliphatic rings. The molecule has 3 heterocycles. The van der Waals surface area contributed by atoms with Gasteiger partial charge >= 0.3 is 0 Å². The quantitative estimate of drug-likeness (QED) is 0.327. The van der Waals surface area contributed by atoms with E-state index in [2.05, 4.69) is 27.3 Å². The predicted molar refractivity (Wildman–Crippen MR) is 100 cm³/mol. The first-order valence-corrected chi connectivity index (χ1v) is 9.95. The fourth-order valence-corrected chi connectivity index (χ4v) is 3.76. The summed E-state index contributed by atoms with van der Waals surface area (Å²) in [5.41, 5.74) is 1.82. The van der Waals surface area contributed by atoms with Gasteiger partial charge in [-0.3, -0.25) is 0 Å². The van der Waals surface area contributed by atoms with E-state index in [1.807, 2.05) is 18.4 Å². The third-order valence-corrected chi connectivity index (χ3v) is 5.46. The molecule has 0 aliphatic heterocycles. The van der Waals surface area contributed by atoms with E-state index >= 15 is 0 Å². The zero-order valence-corrected chi connectivity index (χ0v) is 15.5. The minimum atomic E-state index is 0.361. The summed E-state index contributed by atoms with van der Waals surface area (Å²) in [6, 6.07) is 11.8. The highest BCUT2D eigenvalue weighted by Gasteiger charge is 2.13. The number of aromatic nitrogens is 3. The Kier molecular flexibility index (Phi) is 4.70. The first-order valence-electron chi connectivity index (χ1n) is 7.36. The number of thioether (sulfide) groups is 2. The largest absolute Gasteiger partial charge is 0.459 e. The fraction of sp³-hybridized carbons (Fsp3) is 0.118. The lowest BCUT2D eigenvalue weighted by atomic mass is 10.2. The van der Waals surface area contributed by atoms with Crippen LogP contribution in [0.5, 0.6) is 0 Å². The lowest BCUT2D eigenvalue weighted by molar-refractivity contribution is 0.447. The summed E-state index contributed by atoms with van der Waals surface area (Å²) >= 11 is 9.43. The van der Waals surface area contributed by atoms with E-state index in [1.54, 1.807) is 30.2 Å². The van der Waals surface area contributed by atoms with Gasteiger partial charge in [-0.25, -0.2) is 4.98 Å². The van der Waals surface area contributed by atoms with Gasteiger partial charge in [0.25, 0.3) is 11.1 Å². The number of fused-ring (bicyclic) bond motifs is 1. The maximum absolute atomic E-state index is 6.34. The van der Waals surface area contributed by atoms with Gasteiger partial charge in [-0.2, -0.15) is 0 Å². The molecule has 5 nitrogen and oxygen atoms in total. The maximum Gasteiger partial charge on any atom is 0.284 e. The number of rotatable bonds is 5. The molecule has 0 N–H and O–H groups in total. The van der Waals surface area contributed by atoms with Crippen molar-refractivity contribution < 1.29 is 8.83 Å². The van der Waals surface area contributed by atoms with E-state index in [0.717, 1.165) is 21.4 Å².